The third kappa shape index (κ3) is 6.09. The second-order valence-electron chi connectivity index (χ2n) is 7.87. The summed E-state index contributed by atoms with van der Waals surface area (Å²) in [6.07, 6.45) is 3.94. The lowest BCUT2D eigenvalue weighted by Crippen LogP contribution is -2.30. The van der Waals surface area contributed by atoms with Gasteiger partial charge in [-0.25, -0.2) is 9.13 Å². The van der Waals surface area contributed by atoms with E-state index in [1.54, 1.807) is 22.7 Å². The van der Waals surface area contributed by atoms with Gasteiger partial charge in [0.25, 0.3) is 0 Å². The van der Waals surface area contributed by atoms with E-state index in [1.165, 1.54) is 0 Å². The van der Waals surface area contributed by atoms with Gasteiger partial charge < -0.3 is 9.80 Å². The number of azo groups is 2. The molecular formula is C24H28N8S2+2. The molecule has 0 N–H and O–H groups in total. The fourth-order valence-electron chi connectivity index (χ4n) is 3.15. The van der Waals surface area contributed by atoms with Crippen LogP contribution < -0.4 is 18.9 Å². The van der Waals surface area contributed by atoms with Crippen LogP contribution in [0.4, 0.5) is 33.0 Å². The summed E-state index contributed by atoms with van der Waals surface area (Å²) < 4.78 is 3.91. The van der Waals surface area contributed by atoms with Crippen molar-refractivity contribution in [3.05, 3.63) is 71.7 Å². The van der Waals surface area contributed by atoms with Gasteiger partial charge in [0.15, 0.2) is 0 Å². The maximum absolute atomic E-state index is 4.34. The zero-order chi connectivity index (χ0) is 23.9. The van der Waals surface area contributed by atoms with Gasteiger partial charge in [-0.1, -0.05) is 0 Å². The van der Waals surface area contributed by atoms with Gasteiger partial charge in [-0.05, 0) is 81.4 Å². The smallest absolute Gasteiger partial charge is 0.373 e. The van der Waals surface area contributed by atoms with Crippen LogP contribution in [0.15, 0.2) is 92.1 Å². The first-order valence-electron chi connectivity index (χ1n) is 10.8. The number of hydrogen-bond acceptors (Lipinski definition) is 8. The standard InChI is InChI=1S/C24H28N8S2/c1-29(21-9-5-19(6-10-21)25-27-23-31(3)15-17-33-23)13-14-30(2)22-11-7-20(8-12-22)26-28-24-32(4)16-18-34-24/h5-12,15-18H,13-14H2,1-4H3/q+2. The highest BCUT2D eigenvalue weighted by molar-refractivity contribution is 7.13. The molecule has 0 aliphatic rings. The number of thiazole rings is 2. The monoisotopic (exact) mass is 492 g/mol. The lowest BCUT2D eigenvalue weighted by Gasteiger charge is -2.25. The van der Waals surface area contributed by atoms with Crippen molar-refractivity contribution in [2.24, 2.45) is 34.6 Å². The quantitative estimate of drug-likeness (QED) is 0.217. The van der Waals surface area contributed by atoms with Crippen molar-refractivity contribution in [3.63, 3.8) is 0 Å². The molecule has 34 heavy (non-hydrogen) atoms. The van der Waals surface area contributed by atoms with Gasteiger partial charge in [0, 0.05) is 49.3 Å². The van der Waals surface area contributed by atoms with Crippen molar-refractivity contribution in [3.8, 4) is 0 Å². The van der Waals surface area contributed by atoms with Gasteiger partial charge in [0.1, 0.15) is 23.8 Å². The number of aryl methyl sites for hydroxylation is 2. The predicted molar refractivity (Wildman–Crippen MR) is 139 cm³/mol. The Morgan fingerprint density at radius 3 is 1.32 bits per heavy atom. The Labute approximate surface area is 207 Å². The summed E-state index contributed by atoms with van der Waals surface area (Å²) in [6, 6.07) is 16.3. The third-order valence-corrected chi connectivity index (χ3v) is 7.05. The summed E-state index contributed by atoms with van der Waals surface area (Å²) in [5, 5.41) is 23.0. The molecule has 0 spiro atoms. The van der Waals surface area contributed by atoms with Crippen LogP contribution in [0.3, 0.4) is 0 Å². The Hall–Kier alpha value is -3.50. The Morgan fingerprint density at radius 1 is 0.618 bits per heavy atom. The van der Waals surface area contributed by atoms with Crippen molar-refractivity contribution in [1.29, 1.82) is 0 Å². The molecule has 0 atom stereocenters. The summed E-state index contributed by atoms with van der Waals surface area (Å²) >= 11 is 3.13. The number of anilines is 2. The lowest BCUT2D eigenvalue weighted by atomic mass is 10.2. The molecule has 2 aromatic carbocycles. The van der Waals surface area contributed by atoms with Gasteiger partial charge in [0.2, 0.25) is 0 Å². The Morgan fingerprint density at radius 2 is 1.00 bits per heavy atom. The molecule has 8 nitrogen and oxygen atoms in total. The van der Waals surface area contributed by atoms with Crippen LogP contribution >= 0.6 is 22.7 Å². The molecule has 0 aliphatic heterocycles. The largest absolute Gasteiger partial charge is 0.408 e. The SMILES string of the molecule is CN(CCN(C)c1ccc(N=Nc2scc[n+]2C)cc1)c1ccc(N=Nc2scc[n+]2C)cc1. The number of rotatable bonds is 9. The minimum atomic E-state index is 0.840. The molecule has 0 fully saturated rings. The van der Waals surface area contributed by atoms with Gasteiger partial charge >= 0.3 is 10.3 Å². The molecule has 0 saturated carbocycles. The zero-order valence-electron chi connectivity index (χ0n) is 19.7. The van der Waals surface area contributed by atoms with Crippen LogP contribution in [0.1, 0.15) is 0 Å². The van der Waals surface area contributed by atoms with Crippen molar-refractivity contribution in [1.82, 2.24) is 0 Å². The van der Waals surface area contributed by atoms with E-state index in [0.29, 0.717) is 0 Å². The van der Waals surface area contributed by atoms with E-state index in [1.807, 2.05) is 70.6 Å². The number of benzene rings is 2. The van der Waals surface area contributed by atoms with Crippen LogP contribution in [-0.4, -0.2) is 27.2 Å². The van der Waals surface area contributed by atoms with Crippen molar-refractivity contribution in [2.45, 2.75) is 0 Å². The Bertz CT molecular complexity index is 1160. The Kier molecular flexibility index (Phi) is 7.71. The van der Waals surface area contributed by atoms with Gasteiger partial charge in [-0.15, -0.1) is 0 Å². The molecule has 0 saturated heterocycles. The average molecular weight is 493 g/mol. The van der Waals surface area contributed by atoms with Gasteiger partial charge in [0.05, 0.1) is 24.3 Å². The molecule has 0 amide bonds. The fourth-order valence-corrected chi connectivity index (χ4v) is 4.51. The maximum atomic E-state index is 4.34. The van der Waals surface area contributed by atoms with Gasteiger partial charge in [-0.3, -0.25) is 0 Å². The van der Waals surface area contributed by atoms with E-state index >= 15 is 0 Å². The molecule has 10 heteroatoms. The van der Waals surface area contributed by atoms with E-state index in [9.17, 15) is 0 Å². The lowest BCUT2D eigenvalue weighted by molar-refractivity contribution is -0.654. The number of aromatic nitrogens is 2. The fraction of sp³-hybridized carbons (Fsp3) is 0.250. The maximum Gasteiger partial charge on any atom is 0.408 e. The predicted octanol–water partition coefficient (Wildman–Crippen LogP) is 5.86. The van der Waals surface area contributed by atoms with Crippen molar-refractivity contribution in [2.75, 3.05) is 37.0 Å². The average Bonchev–Trinajstić information content (AvgIpc) is 3.47. The number of nitrogens with zero attached hydrogens (tertiary/aromatic N) is 8. The minimum absolute atomic E-state index is 0.840. The summed E-state index contributed by atoms with van der Waals surface area (Å²) in [7, 11) is 8.13. The molecule has 2 heterocycles. The summed E-state index contributed by atoms with van der Waals surface area (Å²) in [5.41, 5.74) is 3.97. The van der Waals surface area contributed by atoms with Crippen LogP contribution in [0, 0.1) is 0 Å². The second-order valence-corrected chi connectivity index (χ2v) is 9.61. The molecule has 0 bridgehead atoms. The summed E-state index contributed by atoms with van der Waals surface area (Å²) in [5.74, 6) is 0. The molecule has 0 aliphatic carbocycles. The van der Waals surface area contributed by atoms with Crippen LogP contribution in [0.5, 0.6) is 0 Å². The normalized spacial score (nSPS) is 11.5. The zero-order valence-corrected chi connectivity index (χ0v) is 21.4. The molecule has 0 radical (unpaired) electrons. The van der Waals surface area contributed by atoms with E-state index in [2.05, 4.69) is 68.6 Å². The van der Waals surface area contributed by atoms with E-state index in [0.717, 1.165) is 46.1 Å². The third-order valence-electron chi connectivity index (χ3n) is 5.37. The number of likely N-dealkylation sites (N-methyl/N-ethyl adjacent to an activating group) is 2. The molecule has 4 rings (SSSR count). The van der Waals surface area contributed by atoms with Gasteiger partial charge in [-0.2, -0.15) is 0 Å². The number of hydrogen-bond donors (Lipinski definition) is 0. The molecule has 4 aromatic rings. The summed E-state index contributed by atoms with van der Waals surface area (Å²) in [6.45, 7) is 1.78. The van der Waals surface area contributed by atoms with Crippen LogP contribution in [0.2, 0.25) is 0 Å². The van der Waals surface area contributed by atoms with Crippen LogP contribution in [-0.2, 0) is 14.1 Å². The van der Waals surface area contributed by atoms with Crippen molar-refractivity contribution < 1.29 is 9.13 Å². The highest BCUT2D eigenvalue weighted by Crippen LogP contribution is 2.24. The highest BCUT2D eigenvalue weighted by Gasteiger charge is 2.09. The van der Waals surface area contributed by atoms with Crippen molar-refractivity contribution >= 4 is 55.7 Å². The Balaban J connectivity index is 1.29. The first-order chi connectivity index (χ1) is 16.5. The molecular weight excluding hydrogens is 464 g/mol. The summed E-state index contributed by atoms with van der Waals surface area (Å²) in [4.78, 5) is 4.47. The first-order valence-corrected chi connectivity index (χ1v) is 12.6. The van der Waals surface area contributed by atoms with Crippen LogP contribution in [0.25, 0.3) is 0 Å². The first kappa shape index (κ1) is 23.7. The van der Waals surface area contributed by atoms with E-state index < -0.39 is 0 Å². The molecule has 2 aromatic heterocycles. The highest BCUT2D eigenvalue weighted by atomic mass is 32.1. The molecule has 174 valence electrons. The molecule has 0 unspecified atom stereocenters. The second kappa shape index (κ2) is 11.1. The topological polar surface area (TPSA) is 63.7 Å². The van der Waals surface area contributed by atoms with E-state index in [4.69, 9.17) is 0 Å². The van der Waals surface area contributed by atoms with E-state index in [-0.39, 0.29) is 0 Å². The minimum Gasteiger partial charge on any atom is -0.373 e.